The highest BCUT2D eigenvalue weighted by atomic mass is 79.9. The first-order valence-electron chi connectivity index (χ1n) is 7.06. The second kappa shape index (κ2) is 7.63. The highest BCUT2D eigenvalue weighted by molar-refractivity contribution is 9.10. The molecule has 1 heterocycles. The third-order valence-electron chi connectivity index (χ3n) is 3.70. The lowest BCUT2D eigenvalue weighted by molar-refractivity contribution is 0.166. The number of hydrogen-bond donors (Lipinski definition) is 1. The zero-order valence-electron chi connectivity index (χ0n) is 11.5. The normalized spacial score (nSPS) is 20.7. The maximum Gasteiger partial charge on any atom is 0.0462 e. The van der Waals surface area contributed by atoms with Gasteiger partial charge < -0.3 is 5.32 Å². The van der Waals surface area contributed by atoms with Crippen LogP contribution in [0.3, 0.4) is 0 Å². The zero-order chi connectivity index (χ0) is 13.7. The summed E-state index contributed by atoms with van der Waals surface area (Å²) in [5.74, 6) is 0.780. The van der Waals surface area contributed by atoms with Gasteiger partial charge in [0.15, 0.2) is 0 Å². The van der Waals surface area contributed by atoms with E-state index < -0.39 is 0 Å². The van der Waals surface area contributed by atoms with E-state index >= 15 is 0 Å². The molecule has 0 amide bonds. The summed E-state index contributed by atoms with van der Waals surface area (Å²) in [6.07, 6.45) is 2.64. The number of benzene rings is 1. The van der Waals surface area contributed by atoms with Gasteiger partial charge in [-0.1, -0.05) is 40.5 Å². The van der Waals surface area contributed by atoms with E-state index in [-0.39, 0.29) is 0 Å². The van der Waals surface area contributed by atoms with E-state index in [1.165, 1.54) is 31.5 Å². The fourth-order valence-electron chi connectivity index (χ4n) is 2.70. The highest BCUT2D eigenvalue weighted by Gasteiger charge is 2.20. The Balaban J connectivity index is 1.91. The van der Waals surface area contributed by atoms with Gasteiger partial charge in [-0.15, -0.1) is 0 Å². The molecule has 1 N–H and O–H groups in total. The van der Waals surface area contributed by atoms with Crippen LogP contribution in [0, 0.1) is 5.92 Å². The Labute approximate surface area is 129 Å². The van der Waals surface area contributed by atoms with E-state index in [0.717, 1.165) is 35.0 Å². The Morgan fingerprint density at radius 1 is 1.47 bits per heavy atom. The van der Waals surface area contributed by atoms with Gasteiger partial charge in [-0.05, 0) is 56.1 Å². The summed E-state index contributed by atoms with van der Waals surface area (Å²) in [5, 5.41) is 4.33. The monoisotopic (exact) mass is 344 g/mol. The molecule has 0 radical (unpaired) electrons. The molecule has 19 heavy (non-hydrogen) atoms. The molecule has 0 saturated carbocycles. The van der Waals surface area contributed by atoms with Gasteiger partial charge in [-0.2, -0.15) is 0 Å². The first-order chi connectivity index (χ1) is 9.19. The van der Waals surface area contributed by atoms with E-state index in [1.807, 2.05) is 6.07 Å². The molecule has 106 valence electrons. The molecule has 0 spiro atoms. The van der Waals surface area contributed by atoms with Gasteiger partial charge in [0, 0.05) is 22.6 Å². The van der Waals surface area contributed by atoms with Crippen LogP contribution in [0.25, 0.3) is 0 Å². The fourth-order valence-corrected chi connectivity index (χ4v) is 3.43. The number of piperidine rings is 1. The second-order valence-electron chi connectivity index (χ2n) is 5.29. The molecule has 4 heteroatoms. The molecule has 1 aromatic rings. The van der Waals surface area contributed by atoms with Crippen LogP contribution in [-0.2, 0) is 6.54 Å². The lowest BCUT2D eigenvalue weighted by Crippen LogP contribution is -2.39. The van der Waals surface area contributed by atoms with Crippen molar-refractivity contribution in [1.82, 2.24) is 10.2 Å². The quantitative estimate of drug-likeness (QED) is 0.870. The summed E-state index contributed by atoms with van der Waals surface area (Å²) >= 11 is 9.75. The van der Waals surface area contributed by atoms with Crippen molar-refractivity contribution in [1.29, 1.82) is 0 Å². The topological polar surface area (TPSA) is 15.3 Å². The average molecular weight is 346 g/mol. The van der Waals surface area contributed by atoms with Crippen molar-refractivity contribution in [2.45, 2.75) is 26.3 Å². The first-order valence-corrected chi connectivity index (χ1v) is 8.23. The van der Waals surface area contributed by atoms with Gasteiger partial charge in [-0.3, -0.25) is 4.90 Å². The molecule has 1 atom stereocenters. The SMILES string of the molecule is CCNCC1CCCN(Cc2ccc(Br)cc2Cl)C1. The minimum absolute atomic E-state index is 0.780. The van der Waals surface area contributed by atoms with Gasteiger partial charge in [0.2, 0.25) is 0 Å². The maximum absolute atomic E-state index is 6.30. The van der Waals surface area contributed by atoms with Crippen molar-refractivity contribution < 1.29 is 0 Å². The molecule has 1 saturated heterocycles. The van der Waals surface area contributed by atoms with Crippen LogP contribution in [0.2, 0.25) is 5.02 Å². The molecular weight excluding hydrogens is 324 g/mol. The van der Waals surface area contributed by atoms with Crippen LogP contribution in [-0.4, -0.2) is 31.1 Å². The molecule has 0 aromatic heterocycles. The Hall–Kier alpha value is -0.0900. The van der Waals surface area contributed by atoms with Crippen molar-refractivity contribution in [3.8, 4) is 0 Å². The summed E-state index contributed by atoms with van der Waals surface area (Å²) in [6, 6.07) is 6.18. The number of likely N-dealkylation sites (tertiary alicyclic amines) is 1. The Morgan fingerprint density at radius 2 is 2.32 bits per heavy atom. The summed E-state index contributed by atoms with van der Waals surface area (Å²) in [7, 11) is 0. The van der Waals surface area contributed by atoms with Crippen LogP contribution in [0.5, 0.6) is 0 Å². The molecular formula is C15H22BrClN2. The number of hydrogen-bond acceptors (Lipinski definition) is 2. The van der Waals surface area contributed by atoms with Crippen molar-refractivity contribution in [3.05, 3.63) is 33.3 Å². The smallest absolute Gasteiger partial charge is 0.0462 e. The summed E-state index contributed by atoms with van der Waals surface area (Å²) in [4.78, 5) is 2.53. The molecule has 1 aliphatic rings. The third kappa shape index (κ3) is 4.75. The van der Waals surface area contributed by atoms with E-state index in [2.05, 4.69) is 45.2 Å². The lowest BCUT2D eigenvalue weighted by Gasteiger charge is -2.33. The maximum atomic E-state index is 6.30. The summed E-state index contributed by atoms with van der Waals surface area (Å²) in [6.45, 7) is 7.71. The van der Waals surface area contributed by atoms with Gasteiger partial charge in [0.05, 0.1) is 0 Å². The van der Waals surface area contributed by atoms with E-state index in [9.17, 15) is 0 Å². The standard InChI is InChI=1S/C15H22BrClN2/c1-2-18-9-12-4-3-7-19(10-12)11-13-5-6-14(16)8-15(13)17/h5-6,8,12,18H,2-4,7,9-11H2,1H3. The number of nitrogens with one attached hydrogen (secondary N) is 1. The predicted octanol–water partition coefficient (Wildman–Crippen LogP) is 3.92. The number of rotatable bonds is 5. The highest BCUT2D eigenvalue weighted by Crippen LogP contribution is 2.24. The molecule has 2 rings (SSSR count). The zero-order valence-corrected chi connectivity index (χ0v) is 13.8. The Bertz CT molecular complexity index is 411. The molecule has 0 bridgehead atoms. The van der Waals surface area contributed by atoms with Crippen LogP contribution in [0.4, 0.5) is 0 Å². The van der Waals surface area contributed by atoms with Crippen molar-refractivity contribution >= 4 is 27.5 Å². The molecule has 1 aliphatic heterocycles. The average Bonchev–Trinajstić information content (AvgIpc) is 2.40. The van der Waals surface area contributed by atoms with Crippen molar-refractivity contribution in [3.63, 3.8) is 0 Å². The van der Waals surface area contributed by atoms with Crippen LogP contribution >= 0.6 is 27.5 Å². The third-order valence-corrected chi connectivity index (χ3v) is 4.54. The van der Waals surface area contributed by atoms with Crippen molar-refractivity contribution in [2.75, 3.05) is 26.2 Å². The molecule has 0 aliphatic carbocycles. The van der Waals surface area contributed by atoms with Crippen LogP contribution < -0.4 is 5.32 Å². The lowest BCUT2D eigenvalue weighted by atomic mass is 9.97. The van der Waals surface area contributed by atoms with Crippen LogP contribution in [0.15, 0.2) is 22.7 Å². The van der Waals surface area contributed by atoms with E-state index in [1.54, 1.807) is 0 Å². The van der Waals surface area contributed by atoms with Gasteiger partial charge in [0.1, 0.15) is 0 Å². The Kier molecular flexibility index (Phi) is 6.14. The molecule has 1 unspecified atom stereocenters. The van der Waals surface area contributed by atoms with E-state index in [0.29, 0.717) is 0 Å². The summed E-state index contributed by atoms with van der Waals surface area (Å²) in [5.41, 5.74) is 1.23. The second-order valence-corrected chi connectivity index (χ2v) is 6.61. The number of halogens is 2. The largest absolute Gasteiger partial charge is 0.317 e. The van der Waals surface area contributed by atoms with Gasteiger partial charge >= 0.3 is 0 Å². The summed E-state index contributed by atoms with van der Waals surface area (Å²) < 4.78 is 1.05. The Morgan fingerprint density at radius 3 is 3.05 bits per heavy atom. The molecule has 1 fully saturated rings. The van der Waals surface area contributed by atoms with Gasteiger partial charge in [-0.25, -0.2) is 0 Å². The molecule has 2 nitrogen and oxygen atoms in total. The molecule has 1 aromatic carbocycles. The fraction of sp³-hybridized carbons (Fsp3) is 0.600. The van der Waals surface area contributed by atoms with Crippen LogP contribution in [0.1, 0.15) is 25.3 Å². The predicted molar refractivity (Wildman–Crippen MR) is 85.7 cm³/mol. The van der Waals surface area contributed by atoms with Crippen molar-refractivity contribution in [2.24, 2.45) is 5.92 Å². The number of nitrogens with zero attached hydrogens (tertiary/aromatic N) is 1. The minimum atomic E-state index is 0.780. The first kappa shape index (κ1) is 15.3. The van der Waals surface area contributed by atoms with E-state index in [4.69, 9.17) is 11.6 Å². The minimum Gasteiger partial charge on any atom is -0.317 e. The van der Waals surface area contributed by atoms with Gasteiger partial charge in [0.25, 0.3) is 0 Å².